The zero-order chi connectivity index (χ0) is 15.3. The Labute approximate surface area is 124 Å². The van der Waals surface area contributed by atoms with E-state index >= 15 is 0 Å². The van der Waals surface area contributed by atoms with Crippen molar-refractivity contribution in [1.82, 2.24) is 0 Å². The minimum Gasteiger partial charge on any atom is -0.447 e. The molecule has 0 aliphatic carbocycles. The number of hydrogen-bond acceptors (Lipinski definition) is 6. The number of rotatable bonds is 10. The fourth-order valence-electron chi connectivity index (χ4n) is 1.43. The van der Waals surface area contributed by atoms with Crippen LogP contribution in [-0.2, 0) is 18.9 Å². The summed E-state index contributed by atoms with van der Waals surface area (Å²) in [5.41, 5.74) is 6.77. The Balaban J connectivity index is 1.99. The van der Waals surface area contributed by atoms with Crippen LogP contribution in [0.3, 0.4) is 0 Å². The van der Waals surface area contributed by atoms with Gasteiger partial charge in [-0.2, -0.15) is 0 Å². The Bertz CT molecular complexity index is 414. The quantitative estimate of drug-likeness (QED) is 0.502. The van der Waals surface area contributed by atoms with E-state index in [2.05, 4.69) is 5.32 Å². The number of nitrogen functional groups attached to an aromatic ring is 1. The number of carbonyl (C=O) groups is 1. The lowest BCUT2D eigenvalue weighted by Gasteiger charge is -2.08. The number of methoxy groups -OCH3 is 1. The summed E-state index contributed by atoms with van der Waals surface area (Å²) in [6.07, 6.45) is -0.541. The van der Waals surface area contributed by atoms with E-state index in [1.165, 1.54) is 0 Å². The van der Waals surface area contributed by atoms with Crippen molar-refractivity contribution in [2.24, 2.45) is 0 Å². The van der Waals surface area contributed by atoms with Gasteiger partial charge in [-0.1, -0.05) is 6.07 Å². The number of hydrogen-bond donors (Lipinski definition) is 2. The molecule has 0 spiro atoms. The van der Waals surface area contributed by atoms with Crippen LogP contribution in [0, 0.1) is 0 Å². The molecule has 0 fully saturated rings. The van der Waals surface area contributed by atoms with Crippen molar-refractivity contribution in [3.05, 3.63) is 24.3 Å². The third-order valence-corrected chi connectivity index (χ3v) is 2.40. The van der Waals surface area contributed by atoms with Crippen LogP contribution in [0.1, 0.15) is 0 Å². The molecule has 0 aliphatic rings. The van der Waals surface area contributed by atoms with Crippen LogP contribution in [0.15, 0.2) is 24.3 Å². The van der Waals surface area contributed by atoms with Gasteiger partial charge in [0.15, 0.2) is 0 Å². The van der Waals surface area contributed by atoms with Crippen molar-refractivity contribution in [3.63, 3.8) is 0 Å². The Morgan fingerprint density at radius 1 is 1.10 bits per heavy atom. The number of benzene rings is 1. The molecule has 0 aliphatic heterocycles. The van der Waals surface area contributed by atoms with E-state index in [4.69, 9.17) is 24.7 Å². The van der Waals surface area contributed by atoms with Gasteiger partial charge < -0.3 is 24.7 Å². The SMILES string of the molecule is COCCOCCOCCOC(=O)Nc1cccc(N)c1. The first-order chi connectivity index (χ1) is 10.2. The van der Waals surface area contributed by atoms with Gasteiger partial charge in [0.05, 0.1) is 33.0 Å². The molecule has 0 saturated carbocycles. The molecule has 1 aromatic rings. The minimum atomic E-state index is -0.541. The first-order valence-electron chi connectivity index (χ1n) is 6.66. The van der Waals surface area contributed by atoms with E-state index in [0.29, 0.717) is 44.4 Å². The van der Waals surface area contributed by atoms with E-state index in [-0.39, 0.29) is 6.61 Å². The molecule has 7 nitrogen and oxygen atoms in total. The van der Waals surface area contributed by atoms with Crippen molar-refractivity contribution >= 4 is 17.5 Å². The highest BCUT2D eigenvalue weighted by atomic mass is 16.6. The average Bonchev–Trinajstić information content (AvgIpc) is 2.45. The zero-order valence-electron chi connectivity index (χ0n) is 12.2. The number of carbonyl (C=O) groups excluding carboxylic acids is 1. The smallest absolute Gasteiger partial charge is 0.411 e. The maximum absolute atomic E-state index is 11.5. The lowest BCUT2D eigenvalue weighted by atomic mass is 10.3. The van der Waals surface area contributed by atoms with Crippen LogP contribution in [-0.4, -0.2) is 52.8 Å². The van der Waals surface area contributed by atoms with Crippen LogP contribution < -0.4 is 11.1 Å². The molecule has 118 valence electrons. The van der Waals surface area contributed by atoms with Gasteiger partial charge in [-0.05, 0) is 18.2 Å². The average molecular weight is 298 g/mol. The Morgan fingerprint density at radius 3 is 2.43 bits per heavy atom. The molecule has 0 bridgehead atoms. The van der Waals surface area contributed by atoms with Crippen LogP contribution in [0.2, 0.25) is 0 Å². The first kappa shape index (κ1) is 17.2. The molecule has 0 heterocycles. The summed E-state index contributed by atoms with van der Waals surface area (Å²) >= 11 is 0. The largest absolute Gasteiger partial charge is 0.447 e. The maximum Gasteiger partial charge on any atom is 0.411 e. The van der Waals surface area contributed by atoms with E-state index in [1.807, 2.05) is 0 Å². The number of nitrogens with one attached hydrogen (secondary N) is 1. The van der Waals surface area contributed by atoms with Gasteiger partial charge in [0.25, 0.3) is 0 Å². The van der Waals surface area contributed by atoms with E-state index in [1.54, 1.807) is 31.4 Å². The summed E-state index contributed by atoms with van der Waals surface area (Å²) in [5, 5.41) is 2.57. The molecule has 0 atom stereocenters. The van der Waals surface area contributed by atoms with Crippen LogP contribution in [0.4, 0.5) is 16.2 Å². The van der Waals surface area contributed by atoms with E-state index in [0.717, 1.165) is 0 Å². The third kappa shape index (κ3) is 8.85. The fraction of sp³-hybridized carbons (Fsp3) is 0.500. The number of amides is 1. The predicted octanol–water partition coefficient (Wildman–Crippen LogP) is 1.50. The Hall–Kier alpha value is -1.83. The second-order valence-electron chi connectivity index (χ2n) is 4.10. The standard InChI is InChI=1S/C14H22N2O5/c1-18-5-6-19-7-8-20-9-10-21-14(17)16-13-4-2-3-12(15)11-13/h2-4,11H,5-10,15H2,1H3,(H,16,17). The molecule has 3 N–H and O–H groups in total. The van der Waals surface area contributed by atoms with Gasteiger partial charge >= 0.3 is 6.09 Å². The second-order valence-corrected chi connectivity index (χ2v) is 4.10. The molecule has 7 heteroatoms. The number of ether oxygens (including phenoxy) is 4. The summed E-state index contributed by atoms with van der Waals surface area (Å²) in [4.78, 5) is 11.5. The summed E-state index contributed by atoms with van der Waals surface area (Å²) in [6.45, 7) is 2.53. The van der Waals surface area contributed by atoms with Crippen LogP contribution >= 0.6 is 0 Å². The summed E-state index contributed by atoms with van der Waals surface area (Å²) in [6, 6.07) is 6.86. The summed E-state index contributed by atoms with van der Waals surface area (Å²) in [5.74, 6) is 0. The highest BCUT2D eigenvalue weighted by Gasteiger charge is 2.02. The van der Waals surface area contributed by atoms with Crippen LogP contribution in [0.25, 0.3) is 0 Å². The van der Waals surface area contributed by atoms with Gasteiger partial charge in [0, 0.05) is 18.5 Å². The Morgan fingerprint density at radius 2 is 1.76 bits per heavy atom. The normalized spacial score (nSPS) is 10.3. The fourth-order valence-corrected chi connectivity index (χ4v) is 1.43. The van der Waals surface area contributed by atoms with Crippen molar-refractivity contribution in [2.75, 3.05) is 57.8 Å². The van der Waals surface area contributed by atoms with E-state index in [9.17, 15) is 4.79 Å². The molecule has 1 amide bonds. The molecule has 1 aromatic carbocycles. The van der Waals surface area contributed by atoms with Gasteiger partial charge in [0.1, 0.15) is 6.61 Å². The highest BCUT2D eigenvalue weighted by Crippen LogP contribution is 2.11. The van der Waals surface area contributed by atoms with Gasteiger partial charge in [-0.15, -0.1) is 0 Å². The van der Waals surface area contributed by atoms with Crippen LogP contribution in [0.5, 0.6) is 0 Å². The maximum atomic E-state index is 11.5. The zero-order valence-corrected chi connectivity index (χ0v) is 12.2. The van der Waals surface area contributed by atoms with E-state index < -0.39 is 6.09 Å². The molecule has 1 rings (SSSR count). The third-order valence-electron chi connectivity index (χ3n) is 2.40. The molecular weight excluding hydrogens is 276 g/mol. The molecular formula is C14H22N2O5. The van der Waals surface area contributed by atoms with Crippen molar-refractivity contribution < 1.29 is 23.7 Å². The highest BCUT2D eigenvalue weighted by molar-refractivity contribution is 5.85. The van der Waals surface area contributed by atoms with Crippen molar-refractivity contribution in [1.29, 1.82) is 0 Å². The first-order valence-corrected chi connectivity index (χ1v) is 6.66. The molecule has 0 aromatic heterocycles. The summed E-state index contributed by atoms with van der Waals surface area (Å²) in [7, 11) is 1.62. The second kappa shape index (κ2) is 10.9. The monoisotopic (exact) mass is 298 g/mol. The molecule has 0 radical (unpaired) electrons. The topological polar surface area (TPSA) is 92.0 Å². The molecule has 0 unspecified atom stereocenters. The minimum absolute atomic E-state index is 0.173. The molecule has 21 heavy (non-hydrogen) atoms. The predicted molar refractivity (Wildman–Crippen MR) is 79.3 cm³/mol. The van der Waals surface area contributed by atoms with Gasteiger partial charge in [0.2, 0.25) is 0 Å². The lowest BCUT2D eigenvalue weighted by molar-refractivity contribution is 0.0141. The Kier molecular flexibility index (Phi) is 8.94. The van der Waals surface area contributed by atoms with Gasteiger partial charge in [-0.25, -0.2) is 4.79 Å². The number of nitrogens with two attached hydrogens (primary N) is 1. The molecule has 0 saturated heterocycles. The number of anilines is 2. The van der Waals surface area contributed by atoms with Crippen molar-refractivity contribution in [2.45, 2.75) is 0 Å². The van der Waals surface area contributed by atoms with Crippen molar-refractivity contribution in [3.8, 4) is 0 Å². The summed E-state index contributed by atoms with van der Waals surface area (Å²) < 4.78 is 20.2. The lowest BCUT2D eigenvalue weighted by Crippen LogP contribution is -2.17. The van der Waals surface area contributed by atoms with Gasteiger partial charge in [-0.3, -0.25) is 5.32 Å².